The Balaban J connectivity index is 1.64. The molecule has 3 rings (SSSR count). The minimum Gasteiger partial charge on any atom is -0.351 e. The Bertz CT molecular complexity index is 472. The monoisotopic (exact) mass is 371 g/mol. The molecule has 1 aromatic rings. The number of benzene rings is 1. The van der Waals surface area contributed by atoms with E-state index in [4.69, 9.17) is 0 Å². The van der Waals surface area contributed by atoms with Crippen LogP contribution < -0.4 is 5.32 Å². The minimum atomic E-state index is 0.0314. The molecule has 0 radical (unpaired) electrons. The molecule has 0 unspecified atom stereocenters. The van der Waals surface area contributed by atoms with Gasteiger partial charge in [0, 0.05) is 21.1 Å². The van der Waals surface area contributed by atoms with Crippen molar-refractivity contribution in [2.75, 3.05) is 6.54 Å². The lowest BCUT2D eigenvalue weighted by atomic mass is 10.0. The lowest BCUT2D eigenvalue weighted by Crippen LogP contribution is -2.31. The molecular weight excluding hydrogens is 358 g/mol. The van der Waals surface area contributed by atoms with Crippen LogP contribution in [0.25, 0.3) is 0 Å². The molecule has 1 N–H and O–H groups in total. The van der Waals surface area contributed by atoms with Crippen molar-refractivity contribution in [2.24, 2.45) is 11.3 Å². The molecule has 2 fully saturated rings. The van der Waals surface area contributed by atoms with Crippen LogP contribution in [0, 0.1) is 11.3 Å². The third-order valence-corrected chi connectivity index (χ3v) is 4.98. The van der Waals surface area contributed by atoms with Gasteiger partial charge in [0.2, 0.25) is 0 Å². The smallest absolute Gasteiger partial charge is 0.251 e. The third kappa shape index (κ3) is 2.64. The third-order valence-electron chi connectivity index (χ3n) is 4.06. The SMILES string of the molecule is O=C(NCC1(C2CC2)CC1)c1cc(Br)cc(Br)c1. The van der Waals surface area contributed by atoms with Gasteiger partial charge >= 0.3 is 0 Å². The van der Waals surface area contributed by atoms with E-state index in [9.17, 15) is 4.79 Å². The molecule has 0 heterocycles. The summed E-state index contributed by atoms with van der Waals surface area (Å²) in [5, 5.41) is 3.10. The molecule has 96 valence electrons. The van der Waals surface area contributed by atoms with E-state index in [1.54, 1.807) is 0 Å². The molecule has 1 amide bonds. The van der Waals surface area contributed by atoms with Gasteiger partial charge in [-0.3, -0.25) is 4.79 Å². The number of hydrogen-bond donors (Lipinski definition) is 1. The fourth-order valence-electron chi connectivity index (χ4n) is 2.63. The molecule has 2 aliphatic rings. The Hall–Kier alpha value is -0.350. The van der Waals surface area contributed by atoms with Gasteiger partial charge < -0.3 is 5.32 Å². The van der Waals surface area contributed by atoms with Gasteiger partial charge in [-0.15, -0.1) is 0 Å². The summed E-state index contributed by atoms with van der Waals surface area (Å²) in [5.41, 5.74) is 1.17. The van der Waals surface area contributed by atoms with Crippen molar-refractivity contribution in [1.82, 2.24) is 5.32 Å². The quantitative estimate of drug-likeness (QED) is 0.845. The maximum absolute atomic E-state index is 12.1. The maximum atomic E-state index is 12.1. The molecule has 0 spiro atoms. The summed E-state index contributed by atoms with van der Waals surface area (Å²) in [6.07, 6.45) is 5.30. The van der Waals surface area contributed by atoms with Gasteiger partial charge in [0.25, 0.3) is 5.91 Å². The van der Waals surface area contributed by atoms with Crippen LogP contribution in [0.15, 0.2) is 27.1 Å². The summed E-state index contributed by atoms with van der Waals surface area (Å²) in [5.74, 6) is 0.913. The lowest BCUT2D eigenvalue weighted by molar-refractivity contribution is 0.0942. The van der Waals surface area contributed by atoms with Gasteiger partial charge in [-0.1, -0.05) is 31.9 Å². The second-order valence-corrected chi connectivity index (χ2v) is 7.31. The Labute approximate surface area is 124 Å². The second-order valence-electron chi connectivity index (χ2n) is 5.48. The van der Waals surface area contributed by atoms with Gasteiger partial charge in [0.15, 0.2) is 0 Å². The fraction of sp³-hybridized carbons (Fsp3) is 0.500. The van der Waals surface area contributed by atoms with E-state index in [0.717, 1.165) is 21.4 Å². The number of rotatable bonds is 4. The lowest BCUT2D eigenvalue weighted by Gasteiger charge is -2.15. The Morgan fingerprint density at radius 3 is 2.33 bits per heavy atom. The zero-order valence-electron chi connectivity index (χ0n) is 10.0. The van der Waals surface area contributed by atoms with Crippen LogP contribution in [0.4, 0.5) is 0 Å². The summed E-state index contributed by atoms with van der Waals surface area (Å²) in [4.78, 5) is 12.1. The number of carbonyl (C=O) groups is 1. The van der Waals surface area contributed by atoms with Gasteiger partial charge in [-0.25, -0.2) is 0 Å². The molecule has 4 heteroatoms. The van der Waals surface area contributed by atoms with Crippen molar-refractivity contribution >= 4 is 37.8 Å². The van der Waals surface area contributed by atoms with Crippen LogP contribution in [0.2, 0.25) is 0 Å². The first kappa shape index (κ1) is 12.7. The standard InChI is InChI=1S/C14H15Br2NO/c15-11-5-9(6-12(16)7-11)13(18)17-8-14(3-4-14)10-1-2-10/h5-7,10H,1-4,8H2,(H,17,18). The van der Waals surface area contributed by atoms with E-state index in [2.05, 4.69) is 37.2 Å². The first-order valence-corrected chi connectivity index (χ1v) is 7.92. The van der Waals surface area contributed by atoms with E-state index in [1.165, 1.54) is 25.7 Å². The first-order valence-electron chi connectivity index (χ1n) is 6.33. The number of hydrogen-bond acceptors (Lipinski definition) is 1. The normalized spacial score (nSPS) is 20.6. The molecule has 0 aromatic heterocycles. The van der Waals surface area contributed by atoms with E-state index in [-0.39, 0.29) is 5.91 Å². The molecule has 2 nitrogen and oxygen atoms in total. The summed E-state index contributed by atoms with van der Waals surface area (Å²) in [6.45, 7) is 0.848. The highest BCUT2D eigenvalue weighted by Gasteiger charge is 2.53. The van der Waals surface area contributed by atoms with Gasteiger partial charge in [-0.05, 0) is 55.2 Å². The van der Waals surface area contributed by atoms with Crippen molar-refractivity contribution in [3.8, 4) is 0 Å². The zero-order chi connectivity index (χ0) is 12.8. The topological polar surface area (TPSA) is 29.1 Å². The van der Waals surface area contributed by atoms with Crippen LogP contribution in [0.5, 0.6) is 0 Å². The van der Waals surface area contributed by atoms with Crippen molar-refractivity contribution in [3.63, 3.8) is 0 Å². The van der Waals surface area contributed by atoms with Gasteiger partial charge in [0.1, 0.15) is 0 Å². The van der Waals surface area contributed by atoms with Crippen molar-refractivity contribution < 1.29 is 4.79 Å². The largest absolute Gasteiger partial charge is 0.351 e. The molecule has 0 saturated heterocycles. The maximum Gasteiger partial charge on any atom is 0.251 e. The molecule has 1 aromatic carbocycles. The van der Waals surface area contributed by atoms with E-state index in [1.807, 2.05) is 18.2 Å². The highest BCUT2D eigenvalue weighted by molar-refractivity contribution is 9.11. The Kier molecular flexibility index (Phi) is 3.27. The van der Waals surface area contributed by atoms with Crippen LogP contribution in [-0.2, 0) is 0 Å². The number of nitrogens with one attached hydrogen (secondary N) is 1. The predicted molar refractivity (Wildman–Crippen MR) is 78.6 cm³/mol. The van der Waals surface area contributed by atoms with Crippen LogP contribution in [0.1, 0.15) is 36.0 Å². The Morgan fingerprint density at radius 2 is 1.83 bits per heavy atom. The average Bonchev–Trinajstić information content (AvgIpc) is 3.15. The molecule has 18 heavy (non-hydrogen) atoms. The van der Waals surface area contributed by atoms with Crippen LogP contribution >= 0.6 is 31.9 Å². The van der Waals surface area contributed by atoms with E-state index < -0.39 is 0 Å². The Morgan fingerprint density at radius 1 is 1.22 bits per heavy atom. The average molecular weight is 373 g/mol. The van der Waals surface area contributed by atoms with Crippen LogP contribution in [-0.4, -0.2) is 12.5 Å². The predicted octanol–water partition coefficient (Wildman–Crippen LogP) is 4.13. The number of carbonyl (C=O) groups excluding carboxylic acids is 1. The molecule has 2 saturated carbocycles. The summed E-state index contributed by atoms with van der Waals surface area (Å²) in [6, 6.07) is 5.65. The van der Waals surface area contributed by atoms with Gasteiger partial charge in [0.05, 0.1) is 0 Å². The van der Waals surface area contributed by atoms with Gasteiger partial charge in [-0.2, -0.15) is 0 Å². The summed E-state index contributed by atoms with van der Waals surface area (Å²) >= 11 is 6.81. The zero-order valence-corrected chi connectivity index (χ0v) is 13.2. The van der Waals surface area contributed by atoms with E-state index in [0.29, 0.717) is 11.0 Å². The highest BCUT2D eigenvalue weighted by Crippen LogP contribution is 2.60. The molecule has 2 aliphatic carbocycles. The summed E-state index contributed by atoms with van der Waals surface area (Å²) < 4.78 is 1.84. The summed E-state index contributed by atoms with van der Waals surface area (Å²) in [7, 11) is 0. The minimum absolute atomic E-state index is 0.0314. The highest BCUT2D eigenvalue weighted by atomic mass is 79.9. The second kappa shape index (κ2) is 4.64. The van der Waals surface area contributed by atoms with Crippen molar-refractivity contribution in [1.29, 1.82) is 0 Å². The van der Waals surface area contributed by atoms with Crippen molar-refractivity contribution in [3.05, 3.63) is 32.7 Å². The number of halogens is 2. The van der Waals surface area contributed by atoms with Crippen LogP contribution in [0.3, 0.4) is 0 Å². The molecular formula is C14H15Br2NO. The molecule has 0 aliphatic heterocycles. The number of amides is 1. The molecule has 0 bridgehead atoms. The van der Waals surface area contributed by atoms with E-state index >= 15 is 0 Å². The van der Waals surface area contributed by atoms with Crippen molar-refractivity contribution in [2.45, 2.75) is 25.7 Å². The molecule has 0 atom stereocenters. The first-order chi connectivity index (χ1) is 8.59. The fourth-order valence-corrected chi connectivity index (χ4v) is 3.92.